The molecule has 94 valence electrons. The fraction of sp³-hybridized carbons (Fsp3) is 1.00. The van der Waals surface area contributed by atoms with Crippen LogP contribution in [0, 0.1) is 5.92 Å². The molecule has 0 radical (unpaired) electrons. The number of nitrogens with zero attached hydrogens (tertiary/aromatic N) is 1. The lowest BCUT2D eigenvalue weighted by Crippen LogP contribution is -2.48. The Morgan fingerprint density at radius 3 is 2.81 bits per heavy atom. The van der Waals surface area contributed by atoms with Crippen LogP contribution in [-0.2, 0) is 4.74 Å². The van der Waals surface area contributed by atoms with E-state index in [4.69, 9.17) is 4.74 Å². The number of piperidine rings is 2. The van der Waals surface area contributed by atoms with Gasteiger partial charge in [-0.25, -0.2) is 0 Å². The van der Waals surface area contributed by atoms with E-state index in [1.165, 1.54) is 51.9 Å². The van der Waals surface area contributed by atoms with Crippen molar-refractivity contribution in [1.29, 1.82) is 0 Å². The molecule has 2 aliphatic rings. The van der Waals surface area contributed by atoms with Gasteiger partial charge in [0.15, 0.2) is 0 Å². The Bertz CT molecular complexity index is 192. The normalized spacial score (nSPS) is 29.4. The van der Waals surface area contributed by atoms with E-state index in [1.807, 2.05) is 0 Å². The lowest BCUT2D eigenvalue weighted by atomic mass is 9.95. The van der Waals surface area contributed by atoms with E-state index in [1.54, 1.807) is 0 Å². The van der Waals surface area contributed by atoms with Crippen LogP contribution in [0.1, 0.15) is 32.6 Å². The van der Waals surface area contributed by atoms with Crippen LogP contribution in [0.5, 0.6) is 0 Å². The molecule has 0 aromatic rings. The first kappa shape index (κ1) is 12.3. The first-order valence-corrected chi connectivity index (χ1v) is 6.92. The van der Waals surface area contributed by atoms with Crippen molar-refractivity contribution in [2.75, 3.05) is 39.4 Å². The molecule has 0 unspecified atom stereocenters. The second kappa shape index (κ2) is 6.58. The Morgan fingerprint density at radius 1 is 1.25 bits per heavy atom. The van der Waals surface area contributed by atoms with Crippen molar-refractivity contribution in [3.8, 4) is 0 Å². The summed E-state index contributed by atoms with van der Waals surface area (Å²) in [5.41, 5.74) is 0. The minimum absolute atomic E-state index is 0.781. The molecular formula is C13H26N2O. The number of hydrogen-bond acceptors (Lipinski definition) is 3. The van der Waals surface area contributed by atoms with Crippen LogP contribution in [0.3, 0.4) is 0 Å². The highest BCUT2D eigenvalue weighted by Crippen LogP contribution is 2.22. The van der Waals surface area contributed by atoms with Gasteiger partial charge in [-0.3, -0.25) is 4.90 Å². The van der Waals surface area contributed by atoms with Crippen molar-refractivity contribution in [2.45, 2.75) is 38.6 Å². The van der Waals surface area contributed by atoms with Crippen LogP contribution in [-0.4, -0.2) is 50.3 Å². The van der Waals surface area contributed by atoms with Crippen molar-refractivity contribution >= 4 is 0 Å². The maximum atomic E-state index is 5.57. The van der Waals surface area contributed by atoms with Crippen LogP contribution < -0.4 is 5.32 Å². The van der Waals surface area contributed by atoms with E-state index >= 15 is 0 Å². The zero-order chi connectivity index (χ0) is 11.2. The van der Waals surface area contributed by atoms with Crippen LogP contribution in [0.2, 0.25) is 0 Å². The van der Waals surface area contributed by atoms with Crippen LogP contribution in [0.4, 0.5) is 0 Å². The van der Waals surface area contributed by atoms with Gasteiger partial charge in [-0.2, -0.15) is 0 Å². The molecule has 1 N–H and O–H groups in total. The van der Waals surface area contributed by atoms with E-state index in [9.17, 15) is 0 Å². The highest BCUT2D eigenvalue weighted by atomic mass is 16.5. The van der Waals surface area contributed by atoms with E-state index < -0.39 is 0 Å². The summed E-state index contributed by atoms with van der Waals surface area (Å²) in [4.78, 5) is 2.72. The Kier molecular flexibility index (Phi) is 5.07. The van der Waals surface area contributed by atoms with Crippen molar-refractivity contribution in [1.82, 2.24) is 10.2 Å². The highest BCUT2D eigenvalue weighted by molar-refractivity contribution is 4.82. The molecule has 0 aromatic heterocycles. The molecule has 0 amide bonds. The van der Waals surface area contributed by atoms with Gasteiger partial charge in [0.2, 0.25) is 0 Å². The van der Waals surface area contributed by atoms with E-state index in [-0.39, 0.29) is 0 Å². The number of hydrogen-bond donors (Lipinski definition) is 1. The molecule has 2 aliphatic heterocycles. The molecule has 0 spiro atoms. The van der Waals surface area contributed by atoms with Crippen LogP contribution in [0.15, 0.2) is 0 Å². The summed E-state index contributed by atoms with van der Waals surface area (Å²) in [7, 11) is 0. The average molecular weight is 226 g/mol. The van der Waals surface area contributed by atoms with Crippen molar-refractivity contribution in [3.63, 3.8) is 0 Å². The highest BCUT2D eigenvalue weighted by Gasteiger charge is 2.26. The molecule has 3 nitrogen and oxygen atoms in total. The lowest BCUT2D eigenvalue weighted by Gasteiger charge is -2.40. The Balaban J connectivity index is 1.76. The zero-order valence-electron chi connectivity index (χ0n) is 10.6. The van der Waals surface area contributed by atoms with Gasteiger partial charge in [-0.1, -0.05) is 0 Å². The standard InChI is InChI=1S/C13H26N2O/c1-2-16-11-12-4-3-9-15(10-12)13-5-7-14-8-6-13/h12-14H,2-11H2,1H3/t12-/m0/s1. The van der Waals surface area contributed by atoms with Gasteiger partial charge in [-0.15, -0.1) is 0 Å². The largest absolute Gasteiger partial charge is 0.381 e. The Labute approximate surface area is 99.5 Å². The molecule has 0 aromatic carbocycles. The van der Waals surface area contributed by atoms with Gasteiger partial charge >= 0.3 is 0 Å². The van der Waals surface area contributed by atoms with Gasteiger partial charge in [0.1, 0.15) is 0 Å². The Hall–Kier alpha value is -0.120. The molecule has 2 rings (SSSR count). The molecule has 3 heteroatoms. The van der Waals surface area contributed by atoms with Crippen LogP contribution in [0.25, 0.3) is 0 Å². The number of ether oxygens (including phenoxy) is 1. The third-order valence-electron chi connectivity index (χ3n) is 3.93. The second-order valence-electron chi connectivity index (χ2n) is 5.14. The second-order valence-corrected chi connectivity index (χ2v) is 5.14. The molecule has 2 saturated heterocycles. The first-order chi connectivity index (χ1) is 7.90. The number of likely N-dealkylation sites (tertiary alicyclic amines) is 1. The lowest BCUT2D eigenvalue weighted by molar-refractivity contribution is 0.0443. The third kappa shape index (κ3) is 3.44. The fourth-order valence-electron chi connectivity index (χ4n) is 3.02. The van der Waals surface area contributed by atoms with E-state index in [0.29, 0.717) is 0 Å². The number of nitrogens with one attached hydrogen (secondary N) is 1. The first-order valence-electron chi connectivity index (χ1n) is 6.92. The summed E-state index contributed by atoms with van der Waals surface area (Å²) < 4.78 is 5.57. The third-order valence-corrected chi connectivity index (χ3v) is 3.93. The van der Waals surface area contributed by atoms with E-state index in [2.05, 4.69) is 17.1 Å². The average Bonchev–Trinajstić information content (AvgIpc) is 2.38. The smallest absolute Gasteiger partial charge is 0.0506 e. The number of rotatable bonds is 4. The van der Waals surface area contributed by atoms with Gasteiger partial charge in [0, 0.05) is 19.2 Å². The van der Waals surface area contributed by atoms with Crippen molar-refractivity contribution < 1.29 is 4.74 Å². The quantitative estimate of drug-likeness (QED) is 0.786. The summed E-state index contributed by atoms with van der Waals surface area (Å²) in [6, 6.07) is 0.839. The summed E-state index contributed by atoms with van der Waals surface area (Å²) in [5, 5.41) is 3.45. The fourth-order valence-corrected chi connectivity index (χ4v) is 3.02. The van der Waals surface area contributed by atoms with Crippen molar-refractivity contribution in [3.05, 3.63) is 0 Å². The molecule has 0 saturated carbocycles. The topological polar surface area (TPSA) is 24.5 Å². The minimum Gasteiger partial charge on any atom is -0.381 e. The maximum Gasteiger partial charge on any atom is 0.0506 e. The molecule has 0 bridgehead atoms. The van der Waals surface area contributed by atoms with Gasteiger partial charge in [0.25, 0.3) is 0 Å². The van der Waals surface area contributed by atoms with Gasteiger partial charge in [-0.05, 0) is 58.2 Å². The summed E-state index contributed by atoms with van der Waals surface area (Å²) in [6.45, 7) is 8.92. The summed E-state index contributed by atoms with van der Waals surface area (Å²) in [6.07, 6.45) is 5.39. The summed E-state index contributed by atoms with van der Waals surface area (Å²) >= 11 is 0. The predicted octanol–water partition coefficient (Wildman–Crippen LogP) is 1.49. The molecule has 0 aliphatic carbocycles. The molecule has 2 fully saturated rings. The predicted molar refractivity (Wildman–Crippen MR) is 66.7 cm³/mol. The Morgan fingerprint density at radius 2 is 2.06 bits per heavy atom. The van der Waals surface area contributed by atoms with Crippen molar-refractivity contribution in [2.24, 2.45) is 5.92 Å². The van der Waals surface area contributed by atoms with E-state index in [0.717, 1.165) is 25.2 Å². The zero-order valence-corrected chi connectivity index (χ0v) is 10.6. The maximum absolute atomic E-state index is 5.57. The molecule has 1 atom stereocenters. The van der Waals surface area contributed by atoms with Gasteiger partial charge < -0.3 is 10.1 Å². The monoisotopic (exact) mass is 226 g/mol. The summed E-state index contributed by atoms with van der Waals surface area (Å²) in [5.74, 6) is 0.781. The molecule has 16 heavy (non-hydrogen) atoms. The SMILES string of the molecule is CCOC[C@H]1CCCN(C2CCNCC2)C1. The molecular weight excluding hydrogens is 200 g/mol. The minimum atomic E-state index is 0.781. The van der Waals surface area contributed by atoms with Gasteiger partial charge in [0.05, 0.1) is 6.61 Å². The molecule has 2 heterocycles. The van der Waals surface area contributed by atoms with Crippen LogP contribution >= 0.6 is 0 Å².